The Morgan fingerprint density at radius 1 is 1.15 bits per heavy atom. The lowest BCUT2D eigenvalue weighted by Gasteiger charge is -2.18. The molecule has 7 N–H and O–H groups in total. The molecule has 1 aromatic heterocycles. The first-order valence-electron chi connectivity index (χ1n) is 13.2. The molecule has 1 aliphatic rings. The SMILES string of the molecule is CCOc1cc(-c2ccc(OCCN3CCCC3)c(CC(C)C(=O)O)c2)ccc1-c1nc(NN)c(N)c(=O)[nH]1. The number of nitrogen functional groups attached to an aromatic ring is 2. The summed E-state index contributed by atoms with van der Waals surface area (Å²) < 4.78 is 12.0. The molecule has 0 radical (unpaired) electrons. The monoisotopic (exact) mass is 536 g/mol. The molecular weight excluding hydrogens is 500 g/mol. The van der Waals surface area contributed by atoms with Crippen molar-refractivity contribution in [3.05, 3.63) is 52.3 Å². The van der Waals surface area contributed by atoms with Crippen LogP contribution in [0, 0.1) is 5.92 Å². The van der Waals surface area contributed by atoms with Crippen molar-refractivity contribution in [1.82, 2.24) is 14.9 Å². The molecule has 4 rings (SSSR count). The van der Waals surface area contributed by atoms with Crippen LogP contribution in [0.4, 0.5) is 11.5 Å². The van der Waals surface area contributed by atoms with Gasteiger partial charge in [-0.3, -0.25) is 14.5 Å². The van der Waals surface area contributed by atoms with Crippen molar-refractivity contribution in [3.8, 4) is 34.0 Å². The maximum atomic E-state index is 12.3. The van der Waals surface area contributed by atoms with Crippen molar-refractivity contribution in [3.63, 3.8) is 0 Å². The lowest BCUT2D eigenvalue weighted by atomic mass is 9.95. The first-order chi connectivity index (χ1) is 18.8. The first kappa shape index (κ1) is 27.9. The largest absolute Gasteiger partial charge is 0.493 e. The molecule has 1 unspecified atom stereocenters. The molecule has 1 atom stereocenters. The number of likely N-dealkylation sites (tertiary alicyclic amines) is 1. The van der Waals surface area contributed by atoms with Crippen molar-refractivity contribution in [2.75, 3.05) is 44.0 Å². The van der Waals surface area contributed by atoms with Crippen LogP contribution in [0.15, 0.2) is 41.2 Å². The Morgan fingerprint density at radius 3 is 2.56 bits per heavy atom. The maximum Gasteiger partial charge on any atom is 0.306 e. The smallest absolute Gasteiger partial charge is 0.306 e. The minimum Gasteiger partial charge on any atom is -0.493 e. The molecule has 39 heavy (non-hydrogen) atoms. The van der Waals surface area contributed by atoms with Crippen LogP contribution < -0.4 is 32.0 Å². The van der Waals surface area contributed by atoms with E-state index in [0.29, 0.717) is 36.7 Å². The molecule has 0 aliphatic carbocycles. The Morgan fingerprint density at radius 2 is 1.87 bits per heavy atom. The molecule has 2 heterocycles. The highest BCUT2D eigenvalue weighted by molar-refractivity contribution is 5.76. The molecule has 1 aliphatic heterocycles. The van der Waals surface area contributed by atoms with Crippen molar-refractivity contribution in [2.45, 2.75) is 33.1 Å². The molecule has 208 valence electrons. The second-order valence-corrected chi connectivity index (χ2v) is 9.63. The fourth-order valence-electron chi connectivity index (χ4n) is 4.66. The molecule has 0 bridgehead atoms. The van der Waals surface area contributed by atoms with E-state index in [0.717, 1.165) is 36.3 Å². The molecule has 0 saturated carbocycles. The normalized spacial score (nSPS) is 14.2. The fraction of sp³-hybridized carbons (Fsp3) is 0.393. The van der Waals surface area contributed by atoms with E-state index in [-0.39, 0.29) is 17.3 Å². The van der Waals surface area contributed by atoms with E-state index < -0.39 is 17.4 Å². The van der Waals surface area contributed by atoms with Crippen LogP contribution in [0.2, 0.25) is 0 Å². The van der Waals surface area contributed by atoms with Crippen LogP contribution in [0.5, 0.6) is 11.5 Å². The van der Waals surface area contributed by atoms with Gasteiger partial charge in [0.1, 0.15) is 29.6 Å². The van der Waals surface area contributed by atoms with Crippen molar-refractivity contribution >= 4 is 17.5 Å². The van der Waals surface area contributed by atoms with Crippen LogP contribution >= 0.6 is 0 Å². The van der Waals surface area contributed by atoms with Gasteiger partial charge < -0.3 is 30.7 Å². The van der Waals surface area contributed by atoms with E-state index in [1.165, 1.54) is 12.8 Å². The van der Waals surface area contributed by atoms with Gasteiger partial charge in [-0.1, -0.05) is 19.1 Å². The van der Waals surface area contributed by atoms with Gasteiger partial charge in [0.2, 0.25) is 0 Å². The number of carboxylic acid groups (broad SMARTS) is 1. The van der Waals surface area contributed by atoms with Crippen LogP contribution in [0.3, 0.4) is 0 Å². The van der Waals surface area contributed by atoms with Gasteiger partial charge in [0, 0.05) is 6.54 Å². The number of benzene rings is 2. The predicted molar refractivity (Wildman–Crippen MR) is 151 cm³/mol. The lowest BCUT2D eigenvalue weighted by Crippen LogP contribution is -2.25. The zero-order chi connectivity index (χ0) is 27.9. The van der Waals surface area contributed by atoms with Crippen LogP contribution in [-0.2, 0) is 11.2 Å². The van der Waals surface area contributed by atoms with Gasteiger partial charge in [0.25, 0.3) is 5.56 Å². The number of hydrogen-bond donors (Lipinski definition) is 5. The maximum absolute atomic E-state index is 12.3. The molecule has 1 saturated heterocycles. The van der Waals surface area contributed by atoms with Gasteiger partial charge >= 0.3 is 5.97 Å². The quantitative estimate of drug-likeness (QED) is 0.171. The molecule has 0 spiro atoms. The third kappa shape index (κ3) is 6.68. The first-order valence-corrected chi connectivity index (χ1v) is 13.2. The van der Waals surface area contributed by atoms with Gasteiger partial charge in [-0.15, -0.1) is 0 Å². The molecule has 11 nitrogen and oxygen atoms in total. The average Bonchev–Trinajstić information content (AvgIpc) is 3.44. The summed E-state index contributed by atoms with van der Waals surface area (Å²) in [6, 6.07) is 11.4. The number of aromatic nitrogens is 2. The number of nitrogens with two attached hydrogens (primary N) is 2. The van der Waals surface area contributed by atoms with E-state index in [1.54, 1.807) is 13.0 Å². The summed E-state index contributed by atoms with van der Waals surface area (Å²) in [6.07, 6.45) is 2.77. The Kier molecular flexibility index (Phi) is 9.05. The number of ether oxygens (including phenoxy) is 2. The number of nitrogens with zero attached hydrogens (tertiary/aromatic N) is 2. The minimum atomic E-state index is -0.859. The average molecular weight is 537 g/mol. The number of anilines is 2. The summed E-state index contributed by atoms with van der Waals surface area (Å²) in [5, 5.41) is 9.53. The Labute approximate surface area is 227 Å². The number of hydrazine groups is 1. The number of nitrogens with one attached hydrogen (secondary N) is 2. The predicted octanol–water partition coefficient (Wildman–Crippen LogP) is 3.11. The third-order valence-corrected chi connectivity index (χ3v) is 6.83. The number of hydrogen-bond acceptors (Lipinski definition) is 9. The number of aliphatic carboxylic acids is 1. The fourth-order valence-corrected chi connectivity index (χ4v) is 4.66. The van der Waals surface area contributed by atoms with E-state index in [4.69, 9.17) is 21.1 Å². The second kappa shape index (κ2) is 12.6. The van der Waals surface area contributed by atoms with Crippen LogP contribution in [0.1, 0.15) is 32.3 Å². The van der Waals surface area contributed by atoms with Gasteiger partial charge in [-0.25, -0.2) is 10.8 Å². The number of H-pyrrole nitrogens is 1. The molecular formula is C28H36N6O5. The van der Waals surface area contributed by atoms with Crippen molar-refractivity contribution in [2.24, 2.45) is 11.8 Å². The molecule has 2 aromatic carbocycles. The van der Waals surface area contributed by atoms with Gasteiger partial charge in [-0.05, 0) is 80.2 Å². The van der Waals surface area contributed by atoms with Crippen molar-refractivity contribution < 1.29 is 19.4 Å². The molecule has 0 amide bonds. The summed E-state index contributed by atoms with van der Waals surface area (Å²) in [7, 11) is 0. The number of carbonyl (C=O) groups is 1. The molecule has 3 aromatic rings. The summed E-state index contributed by atoms with van der Waals surface area (Å²) in [6.45, 7) is 7.52. The van der Waals surface area contributed by atoms with Gasteiger partial charge in [0.15, 0.2) is 5.82 Å². The van der Waals surface area contributed by atoms with Crippen molar-refractivity contribution in [1.29, 1.82) is 0 Å². The summed E-state index contributed by atoms with van der Waals surface area (Å²) >= 11 is 0. The zero-order valence-corrected chi connectivity index (χ0v) is 22.3. The highest BCUT2D eigenvalue weighted by atomic mass is 16.5. The highest BCUT2D eigenvalue weighted by Crippen LogP contribution is 2.35. The summed E-state index contributed by atoms with van der Waals surface area (Å²) in [5.74, 6) is 5.58. The Balaban J connectivity index is 1.66. The second-order valence-electron chi connectivity index (χ2n) is 9.63. The topological polar surface area (TPSA) is 169 Å². The molecule has 11 heteroatoms. The minimum absolute atomic E-state index is 0.0674. The van der Waals surface area contributed by atoms with Crippen LogP contribution in [-0.4, -0.2) is 58.8 Å². The van der Waals surface area contributed by atoms with E-state index in [2.05, 4.69) is 20.3 Å². The van der Waals surface area contributed by atoms with Gasteiger partial charge in [-0.2, -0.15) is 0 Å². The third-order valence-electron chi connectivity index (χ3n) is 6.83. The Hall–Kier alpha value is -4.09. The zero-order valence-electron chi connectivity index (χ0n) is 22.3. The van der Waals surface area contributed by atoms with Crippen LogP contribution in [0.25, 0.3) is 22.5 Å². The summed E-state index contributed by atoms with van der Waals surface area (Å²) in [4.78, 5) is 33.3. The van der Waals surface area contributed by atoms with E-state index >= 15 is 0 Å². The number of rotatable bonds is 12. The highest BCUT2D eigenvalue weighted by Gasteiger charge is 2.19. The number of carboxylic acids is 1. The van der Waals surface area contributed by atoms with E-state index in [1.807, 2.05) is 37.3 Å². The van der Waals surface area contributed by atoms with E-state index in [9.17, 15) is 14.7 Å². The number of aromatic amines is 1. The molecule has 1 fully saturated rings. The lowest BCUT2D eigenvalue weighted by molar-refractivity contribution is -0.141. The van der Waals surface area contributed by atoms with Gasteiger partial charge in [0.05, 0.1) is 18.1 Å². The Bertz CT molecular complexity index is 1370. The summed E-state index contributed by atoms with van der Waals surface area (Å²) in [5.41, 5.74) is 10.6. The standard InChI is InChI=1S/C28H36N6O5/c1-3-38-23-16-19(6-8-21(23)25-31-26(33-30)24(29)27(35)32-25)18-7-9-22(20(15-18)14-17(2)28(36)37)39-13-12-34-10-4-5-11-34/h6-9,15-17H,3-5,10-14,29-30H2,1-2H3,(H,36,37)(H2,31,32,33,35).